The van der Waals surface area contributed by atoms with Crippen molar-refractivity contribution in [1.29, 1.82) is 0 Å². The molecule has 10 nitrogen and oxygen atoms in total. The topological polar surface area (TPSA) is 136 Å². The third kappa shape index (κ3) is 4.02. The molecule has 1 saturated carbocycles. The lowest BCUT2D eigenvalue weighted by atomic mass is 10.1. The van der Waals surface area contributed by atoms with E-state index in [-0.39, 0.29) is 17.6 Å². The van der Waals surface area contributed by atoms with E-state index in [0.29, 0.717) is 34.0 Å². The Morgan fingerprint density at radius 2 is 2.19 bits per heavy atom. The standard InChI is InChI=1S/C20H19ClN8O2/c1-10-6-13(21)3-2-11(10)8-22-18-26-16-12(7-15-17(30)27-20(31)25-15)9-23-29(16)19(28-18)24-14-4-5-14/h2-3,6-7,9,14,30H,4-5,8H2,1H3,(H,22,24,28)(H2,25,27,31)/b12-7+. The first-order valence-electron chi connectivity index (χ1n) is 9.78. The monoisotopic (exact) mass is 438 g/mol. The van der Waals surface area contributed by atoms with Gasteiger partial charge in [0.1, 0.15) is 5.69 Å². The van der Waals surface area contributed by atoms with Crippen molar-refractivity contribution < 1.29 is 5.11 Å². The summed E-state index contributed by atoms with van der Waals surface area (Å²) in [5.41, 5.74) is 2.84. The lowest BCUT2D eigenvalue weighted by Crippen LogP contribution is -2.24. The molecule has 0 radical (unpaired) electrons. The van der Waals surface area contributed by atoms with Gasteiger partial charge in [-0.1, -0.05) is 17.7 Å². The maximum absolute atomic E-state index is 11.4. The molecule has 1 fully saturated rings. The quantitative estimate of drug-likeness (QED) is 0.367. The molecule has 0 atom stereocenters. The van der Waals surface area contributed by atoms with Gasteiger partial charge in [-0.15, -0.1) is 0 Å². The molecule has 1 aromatic carbocycles. The fourth-order valence-corrected chi connectivity index (χ4v) is 3.42. The average molecular weight is 439 g/mol. The van der Waals surface area contributed by atoms with E-state index < -0.39 is 5.69 Å². The number of rotatable bonds is 5. The van der Waals surface area contributed by atoms with Crippen LogP contribution in [0, 0.1) is 6.92 Å². The number of fused-ring (bicyclic) bond motifs is 1. The molecular formula is C20H19ClN8O2. The molecule has 4 N–H and O–H groups in total. The number of hydrogen-bond acceptors (Lipinski definition) is 7. The highest BCUT2D eigenvalue weighted by molar-refractivity contribution is 6.30. The molecule has 3 aromatic heterocycles. The second-order valence-corrected chi connectivity index (χ2v) is 7.89. The molecule has 1 aliphatic rings. The Kier molecular flexibility index (Phi) is 4.70. The Hall–Kier alpha value is -3.66. The number of nitrogens with one attached hydrogen (secondary N) is 3. The zero-order chi connectivity index (χ0) is 21.5. The third-order valence-corrected chi connectivity index (χ3v) is 5.23. The number of halogens is 1. The van der Waals surface area contributed by atoms with Crippen LogP contribution in [0.2, 0.25) is 5.02 Å². The van der Waals surface area contributed by atoms with Crippen LogP contribution in [0.25, 0.3) is 11.7 Å². The van der Waals surface area contributed by atoms with Crippen LogP contribution < -0.4 is 21.8 Å². The van der Waals surface area contributed by atoms with Gasteiger partial charge >= 0.3 is 5.69 Å². The van der Waals surface area contributed by atoms with Crippen molar-refractivity contribution in [3.63, 3.8) is 0 Å². The van der Waals surface area contributed by atoms with Crippen molar-refractivity contribution >= 4 is 29.3 Å². The molecule has 0 bridgehead atoms. The number of anilines is 1. The van der Waals surface area contributed by atoms with E-state index in [2.05, 4.69) is 35.3 Å². The fraction of sp³-hybridized carbons (Fsp3) is 0.250. The van der Waals surface area contributed by atoms with E-state index in [1.54, 1.807) is 16.8 Å². The van der Waals surface area contributed by atoms with E-state index in [4.69, 9.17) is 11.6 Å². The maximum Gasteiger partial charge on any atom is 0.326 e. The molecule has 0 unspecified atom stereocenters. The first-order chi connectivity index (χ1) is 15.0. The minimum atomic E-state index is -0.500. The van der Waals surface area contributed by atoms with E-state index in [1.807, 2.05) is 25.1 Å². The fourth-order valence-electron chi connectivity index (χ4n) is 3.19. The highest BCUT2D eigenvalue weighted by atomic mass is 35.5. The number of aromatic nitrogens is 6. The third-order valence-electron chi connectivity index (χ3n) is 5.00. The van der Waals surface area contributed by atoms with Gasteiger partial charge in [-0.05, 0) is 49.1 Å². The van der Waals surface area contributed by atoms with Gasteiger partial charge in [-0.25, -0.2) is 9.79 Å². The second-order valence-electron chi connectivity index (χ2n) is 7.45. The molecule has 1 aliphatic carbocycles. The zero-order valence-corrected chi connectivity index (χ0v) is 17.3. The van der Waals surface area contributed by atoms with Crippen LogP contribution in [0.15, 0.2) is 34.2 Å². The summed E-state index contributed by atoms with van der Waals surface area (Å²) in [6, 6.07) is 5.95. The van der Waals surface area contributed by atoms with Crippen molar-refractivity contribution in [2.24, 2.45) is 4.99 Å². The van der Waals surface area contributed by atoms with Gasteiger partial charge < -0.3 is 15.4 Å². The molecule has 11 heteroatoms. The van der Waals surface area contributed by atoms with Gasteiger partial charge in [-0.3, -0.25) is 4.98 Å². The van der Waals surface area contributed by atoms with Crippen LogP contribution in [0.3, 0.4) is 0 Å². The van der Waals surface area contributed by atoms with Crippen LogP contribution in [-0.2, 0) is 6.54 Å². The van der Waals surface area contributed by atoms with Gasteiger partial charge in [0.2, 0.25) is 11.8 Å². The van der Waals surface area contributed by atoms with Gasteiger partial charge in [-0.2, -0.15) is 19.6 Å². The molecule has 5 rings (SSSR count). The Balaban J connectivity index is 1.58. The number of hydrogen-bond donors (Lipinski definition) is 4. The number of aromatic amines is 2. The highest BCUT2D eigenvalue weighted by Gasteiger charge is 2.21. The average Bonchev–Trinajstić information content (AvgIpc) is 3.36. The zero-order valence-electron chi connectivity index (χ0n) is 16.6. The molecule has 0 spiro atoms. The summed E-state index contributed by atoms with van der Waals surface area (Å²) < 4.78 is 1.56. The molecule has 31 heavy (non-hydrogen) atoms. The number of nitrogens with zero attached hydrogens (tertiary/aromatic N) is 5. The van der Waals surface area contributed by atoms with Crippen molar-refractivity contribution in [2.45, 2.75) is 32.4 Å². The summed E-state index contributed by atoms with van der Waals surface area (Å²) in [5, 5.41) is 18.8. The normalized spacial score (nSPS) is 15.2. The van der Waals surface area contributed by atoms with Gasteiger partial charge in [0.05, 0.1) is 12.2 Å². The summed E-state index contributed by atoms with van der Waals surface area (Å²) in [6.45, 7) is 2.51. The molecule has 3 heterocycles. The summed E-state index contributed by atoms with van der Waals surface area (Å²) in [6.07, 6.45) is 5.23. The van der Waals surface area contributed by atoms with Crippen LogP contribution >= 0.6 is 11.6 Å². The smallest absolute Gasteiger partial charge is 0.326 e. The Morgan fingerprint density at radius 3 is 2.90 bits per heavy atom. The number of aryl methyl sites for hydroxylation is 1. The number of benzene rings is 1. The van der Waals surface area contributed by atoms with E-state index in [1.165, 1.54) is 0 Å². The molecule has 0 saturated heterocycles. The Bertz CT molecular complexity index is 1460. The first-order valence-corrected chi connectivity index (χ1v) is 10.2. The number of imidazole rings is 1. The Labute approximate surface area is 180 Å². The molecule has 158 valence electrons. The van der Waals surface area contributed by atoms with Crippen LogP contribution in [0.5, 0.6) is 5.88 Å². The van der Waals surface area contributed by atoms with E-state index in [9.17, 15) is 9.90 Å². The van der Waals surface area contributed by atoms with E-state index >= 15 is 0 Å². The predicted molar refractivity (Wildman–Crippen MR) is 115 cm³/mol. The van der Waals surface area contributed by atoms with Gasteiger partial charge in [0, 0.05) is 16.8 Å². The maximum atomic E-state index is 11.4. The van der Waals surface area contributed by atoms with Crippen molar-refractivity contribution in [1.82, 2.24) is 29.5 Å². The highest BCUT2D eigenvalue weighted by Crippen LogP contribution is 2.22. The second kappa shape index (κ2) is 7.55. The minimum absolute atomic E-state index is 0.241. The van der Waals surface area contributed by atoms with Crippen LogP contribution in [0.1, 0.15) is 29.7 Å². The van der Waals surface area contributed by atoms with E-state index in [0.717, 1.165) is 24.0 Å². The summed E-state index contributed by atoms with van der Waals surface area (Å²) in [7, 11) is 0. The number of H-pyrrole nitrogens is 2. The van der Waals surface area contributed by atoms with Crippen molar-refractivity contribution in [3.05, 3.63) is 67.6 Å². The van der Waals surface area contributed by atoms with Crippen molar-refractivity contribution in [2.75, 3.05) is 5.32 Å². The van der Waals surface area contributed by atoms with Crippen molar-refractivity contribution in [3.8, 4) is 5.88 Å². The van der Waals surface area contributed by atoms with Gasteiger partial charge in [0.15, 0.2) is 5.65 Å². The molecule has 4 aromatic rings. The summed E-state index contributed by atoms with van der Waals surface area (Å²) in [5.74, 6) is 0.154. The lowest BCUT2D eigenvalue weighted by Gasteiger charge is -2.08. The summed E-state index contributed by atoms with van der Waals surface area (Å²) >= 11 is 6.05. The van der Waals surface area contributed by atoms with Crippen LogP contribution in [-0.4, -0.2) is 40.7 Å². The molecule has 0 amide bonds. The largest absolute Gasteiger partial charge is 0.493 e. The SMILES string of the molecule is Cc1cc(Cl)ccc1CNc1nc(=NC2CC2)n2nc/c(=C\c3[nH]c(=O)[nH]c3O)c2n1. The first kappa shape index (κ1) is 19.3. The summed E-state index contributed by atoms with van der Waals surface area (Å²) in [4.78, 5) is 30.0. The van der Waals surface area contributed by atoms with Gasteiger partial charge in [0.25, 0.3) is 5.62 Å². The van der Waals surface area contributed by atoms with Crippen LogP contribution in [0.4, 0.5) is 5.95 Å². The number of aromatic hydroxyl groups is 1. The Morgan fingerprint density at radius 1 is 1.35 bits per heavy atom. The predicted octanol–water partition coefficient (Wildman–Crippen LogP) is 1.03. The minimum Gasteiger partial charge on any atom is -0.493 e. The lowest BCUT2D eigenvalue weighted by molar-refractivity contribution is 0.454. The molecule has 0 aliphatic heterocycles. The molecular weight excluding hydrogens is 420 g/mol.